The highest BCUT2D eigenvalue weighted by Gasteiger charge is 2.13. The third-order valence-corrected chi connectivity index (χ3v) is 5.52. The van der Waals surface area contributed by atoms with Gasteiger partial charge in [0.25, 0.3) is 5.69 Å². The van der Waals surface area contributed by atoms with Gasteiger partial charge in [0.05, 0.1) is 9.95 Å². The number of rotatable bonds is 6. The van der Waals surface area contributed by atoms with Crippen LogP contribution in [0.5, 0.6) is 0 Å². The number of hydrogen-bond donors (Lipinski definition) is 1. The van der Waals surface area contributed by atoms with Crippen LogP contribution in [0.15, 0.2) is 51.7 Å². The lowest BCUT2D eigenvalue weighted by molar-refractivity contribution is -0.384. The lowest BCUT2D eigenvalue weighted by atomic mass is 10.2. The fraction of sp³-hybridized carbons (Fsp3) is 0.0667. The van der Waals surface area contributed by atoms with E-state index in [9.17, 15) is 14.5 Å². The molecule has 0 radical (unpaired) electrons. The van der Waals surface area contributed by atoms with E-state index >= 15 is 0 Å². The number of anilines is 1. The molecule has 128 valence electrons. The van der Waals surface area contributed by atoms with Crippen LogP contribution in [0.4, 0.5) is 15.2 Å². The predicted molar refractivity (Wildman–Crippen MR) is 95.9 cm³/mol. The average Bonchev–Trinajstić information content (AvgIpc) is 3.03. The van der Waals surface area contributed by atoms with E-state index in [1.54, 1.807) is 18.2 Å². The molecule has 6 nitrogen and oxygen atoms in total. The maximum absolute atomic E-state index is 12.9. The topological polar surface area (TPSA) is 81.0 Å². The van der Waals surface area contributed by atoms with Crippen molar-refractivity contribution in [2.24, 2.45) is 0 Å². The molecule has 10 heteroatoms. The molecule has 1 heterocycles. The van der Waals surface area contributed by atoms with Gasteiger partial charge in [0.2, 0.25) is 5.13 Å². The van der Waals surface area contributed by atoms with E-state index in [4.69, 9.17) is 11.6 Å². The van der Waals surface area contributed by atoms with Crippen LogP contribution in [0, 0.1) is 15.9 Å². The lowest BCUT2D eigenvalue weighted by Crippen LogP contribution is -1.98. The van der Waals surface area contributed by atoms with Gasteiger partial charge in [-0.25, -0.2) is 4.39 Å². The molecule has 0 unspecified atom stereocenters. The van der Waals surface area contributed by atoms with Crippen molar-refractivity contribution in [1.82, 2.24) is 10.2 Å². The molecule has 0 aliphatic heterocycles. The van der Waals surface area contributed by atoms with Gasteiger partial charge in [-0.05, 0) is 23.8 Å². The largest absolute Gasteiger partial charge is 0.356 e. The molecular formula is C15H10ClFN4O2S2. The maximum Gasteiger partial charge on any atom is 0.270 e. The van der Waals surface area contributed by atoms with Crippen LogP contribution in [0.1, 0.15) is 5.56 Å². The number of nitrogens with one attached hydrogen (secondary N) is 1. The van der Waals surface area contributed by atoms with Crippen LogP contribution in [0.2, 0.25) is 5.02 Å². The Bertz CT molecular complexity index is 905. The van der Waals surface area contributed by atoms with Gasteiger partial charge in [0.1, 0.15) is 5.82 Å². The van der Waals surface area contributed by atoms with Crippen LogP contribution in [0.25, 0.3) is 0 Å². The van der Waals surface area contributed by atoms with E-state index < -0.39 is 4.92 Å². The van der Waals surface area contributed by atoms with Crippen LogP contribution in [-0.4, -0.2) is 15.1 Å². The second-order valence-electron chi connectivity index (χ2n) is 4.83. The molecule has 0 amide bonds. The third kappa shape index (κ3) is 4.65. The van der Waals surface area contributed by atoms with E-state index in [2.05, 4.69) is 15.5 Å². The van der Waals surface area contributed by atoms with E-state index in [1.807, 2.05) is 0 Å². The monoisotopic (exact) mass is 396 g/mol. The molecule has 1 N–H and O–H groups in total. The summed E-state index contributed by atoms with van der Waals surface area (Å²) in [5.41, 5.74) is 0.859. The molecule has 0 atom stereocenters. The first-order chi connectivity index (χ1) is 12.0. The quantitative estimate of drug-likeness (QED) is 0.466. The Morgan fingerprint density at radius 3 is 2.68 bits per heavy atom. The number of aromatic nitrogens is 2. The van der Waals surface area contributed by atoms with Crippen molar-refractivity contribution in [3.63, 3.8) is 0 Å². The Balaban J connectivity index is 1.63. The molecule has 0 fully saturated rings. The fourth-order valence-electron chi connectivity index (χ4n) is 1.88. The molecule has 0 saturated carbocycles. The standard InChI is InChI=1S/C15H10ClFN4O2S2/c16-12-7-11(21(22)23)5-6-13(12)24-15-20-19-14(25-15)18-8-9-1-3-10(17)4-2-9/h1-7H,8H2,(H,18,19). The number of nitrogens with zero attached hydrogens (tertiary/aromatic N) is 3. The molecule has 0 aliphatic rings. The highest BCUT2D eigenvalue weighted by Crippen LogP contribution is 2.37. The van der Waals surface area contributed by atoms with Crippen LogP contribution >= 0.6 is 34.7 Å². The highest BCUT2D eigenvalue weighted by atomic mass is 35.5. The zero-order valence-electron chi connectivity index (χ0n) is 12.5. The minimum absolute atomic E-state index is 0.0618. The first-order valence-corrected chi connectivity index (χ1v) is 8.96. The fourth-order valence-corrected chi connectivity index (χ4v) is 3.88. The van der Waals surface area contributed by atoms with Crippen molar-refractivity contribution < 1.29 is 9.31 Å². The highest BCUT2D eigenvalue weighted by molar-refractivity contribution is 8.01. The zero-order chi connectivity index (χ0) is 17.8. The van der Waals surface area contributed by atoms with E-state index in [1.165, 1.54) is 47.4 Å². The van der Waals surface area contributed by atoms with E-state index in [-0.39, 0.29) is 16.5 Å². The molecule has 0 aliphatic carbocycles. The Morgan fingerprint density at radius 1 is 1.24 bits per heavy atom. The van der Waals surface area contributed by atoms with Crippen LogP contribution in [0.3, 0.4) is 0 Å². The maximum atomic E-state index is 12.9. The van der Waals surface area contributed by atoms with Gasteiger partial charge < -0.3 is 5.32 Å². The summed E-state index contributed by atoms with van der Waals surface area (Å²) in [6, 6.07) is 10.5. The number of non-ortho nitro benzene ring substituents is 1. The number of nitro groups is 1. The molecule has 2 aromatic carbocycles. The molecular weight excluding hydrogens is 387 g/mol. The SMILES string of the molecule is O=[N+]([O-])c1ccc(Sc2nnc(NCc3ccc(F)cc3)s2)c(Cl)c1. The molecule has 25 heavy (non-hydrogen) atoms. The number of benzene rings is 2. The van der Waals surface area contributed by atoms with Gasteiger partial charge in [-0.2, -0.15) is 0 Å². The van der Waals surface area contributed by atoms with E-state index in [0.717, 1.165) is 5.56 Å². The van der Waals surface area contributed by atoms with E-state index in [0.29, 0.717) is 20.9 Å². The minimum atomic E-state index is -0.497. The summed E-state index contributed by atoms with van der Waals surface area (Å²) in [4.78, 5) is 10.9. The van der Waals surface area contributed by atoms with Gasteiger partial charge in [-0.15, -0.1) is 10.2 Å². The Hall–Kier alpha value is -2.23. The average molecular weight is 397 g/mol. The summed E-state index contributed by atoms with van der Waals surface area (Å²) in [5, 5.41) is 22.8. The Kier molecular flexibility index (Phi) is 5.47. The number of nitro benzene ring substituents is 1. The molecule has 3 aromatic rings. The first kappa shape index (κ1) is 17.6. The van der Waals surface area contributed by atoms with Crippen molar-refractivity contribution in [2.75, 3.05) is 5.32 Å². The summed E-state index contributed by atoms with van der Waals surface area (Å²) in [6.45, 7) is 0.498. The lowest BCUT2D eigenvalue weighted by Gasteiger charge is -2.02. The molecule has 3 rings (SSSR count). The van der Waals surface area contributed by atoms with Crippen molar-refractivity contribution in [1.29, 1.82) is 0 Å². The van der Waals surface area contributed by atoms with Gasteiger partial charge in [-0.3, -0.25) is 10.1 Å². The zero-order valence-corrected chi connectivity index (χ0v) is 14.9. The summed E-state index contributed by atoms with van der Waals surface area (Å²) in [7, 11) is 0. The Labute approximate surface area is 155 Å². The predicted octanol–water partition coefficient (Wildman–Crippen LogP) is 5.00. The summed E-state index contributed by atoms with van der Waals surface area (Å²) >= 11 is 8.68. The van der Waals surface area contributed by atoms with Crippen molar-refractivity contribution in [3.05, 3.63) is 69.0 Å². The van der Waals surface area contributed by atoms with Gasteiger partial charge >= 0.3 is 0 Å². The van der Waals surface area contributed by atoms with Gasteiger partial charge in [0.15, 0.2) is 4.34 Å². The normalized spacial score (nSPS) is 10.6. The minimum Gasteiger partial charge on any atom is -0.356 e. The molecule has 0 bridgehead atoms. The second kappa shape index (κ2) is 7.77. The molecule has 1 aromatic heterocycles. The van der Waals surface area contributed by atoms with Gasteiger partial charge in [-0.1, -0.05) is 46.8 Å². The van der Waals surface area contributed by atoms with Crippen LogP contribution < -0.4 is 5.32 Å². The van der Waals surface area contributed by atoms with Gasteiger partial charge in [0, 0.05) is 23.6 Å². The van der Waals surface area contributed by atoms with Crippen molar-refractivity contribution in [2.45, 2.75) is 15.8 Å². The third-order valence-electron chi connectivity index (χ3n) is 3.09. The first-order valence-electron chi connectivity index (χ1n) is 6.95. The number of halogens is 2. The number of hydrogen-bond acceptors (Lipinski definition) is 7. The van der Waals surface area contributed by atoms with Crippen molar-refractivity contribution in [3.8, 4) is 0 Å². The smallest absolute Gasteiger partial charge is 0.270 e. The van der Waals surface area contributed by atoms with Crippen molar-refractivity contribution >= 4 is 45.5 Å². The molecule has 0 spiro atoms. The van der Waals surface area contributed by atoms with Crippen LogP contribution in [-0.2, 0) is 6.54 Å². The summed E-state index contributed by atoms with van der Waals surface area (Å²) < 4.78 is 13.5. The summed E-state index contributed by atoms with van der Waals surface area (Å²) in [6.07, 6.45) is 0. The summed E-state index contributed by atoms with van der Waals surface area (Å²) in [5.74, 6) is -0.279. The molecule has 0 saturated heterocycles. The second-order valence-corrected chi connectivity index (χ2v) is 7.50. The Morgan fingerprint density at radius 2 is 2.00 bits per heavy atom.